The number of carbonyl (C=O) groups excluding carboxylic acids is 1. The first-order chi connectivity index (χ1) is 13.4. The minimum Gasteiger partial charge on any atom is -0.493 e. The number of hydrogen-bond donors (Lipinski definition) is 1. The normalized spacial score (nSPS) is 46.7. The molecule has 6 aliphatic rings. The number of ether oxygens (including phenoxy) is 3. The van der Waals surface area contributed by atoms with E-state index in [1.54, 1.807) is 26.0 Å². The summed E-state index contributed by atoms with van der Waals surface area (Å²) in [6, 6.07) is 4.86. The maximum atomic E-state index is 12.8. The van der Waals surface area contributed by atoms with E-state index in [0.717, 1.165) is 50.1 Å². The lowest BCUT2D eigenvalue weighted by Gasteiger charge is -2.71. The van der Waals surface area contributed by atoms with Crippen molar-refractivity contribution in [3.63, 3.8) is 0 Å². The Labute approximate surface area is 166 Å². The second-order valence-electron chi connectivity index (χ2n) is 9.89. The third kappa shape index (κ3) is 1.53. The number of likely N-dealkylation sites (N-methyl/N-ethyl adjacent to an activating group) is 1. The van der Waals surface area contributed by atoms with Crippen LogP contribution < -0.4 is 14.4 Å². The number of quaternary nitrogens is 1. The SMILES string of the molecule is COc1ccc2c3c1O[C@H]1[C@@]4(OC)CC[C@@]5(C[C@H]4C(C)=O)[C@H](C2)[NH+](C)CC[C@]315. The van der Waals surface area contributed by atoms with Crippen LogP contribution >= 0.6 is 0 Å². The molecule has 1 unspecified atom stereocenters. The largest absolute Gasteiger partial charge is 0.493 e. The number of piperidine rings is 1. The molecule has 7 rings (SSSR count). The molecule has 7 atom stereocenters. The van der Waals surface area contributed by atoms with Crippen LogP contribution in [0.15, 0.2) is 12.1 Å². The molecule has 2 heterocycles. The molecule has 0 aromatic heterocycles. The van der Waals surface area contributed by atoms with Crippen molar-refractivity contribution in [1.29, 1.82) is 0 Å². The summed E-state index contributed by atoms with van der Waals surface area (Å²) in [6.07, 6.45) is 5.05. The number of hydrogen-bond acceptors (Lipinski definition) is 4. The molecule has 28 heavy (non-hydrogen) atoms. The molecular weight excluding hydrogens is 354 g/mol. The molecule has 0 radical (unpaired) electrons. The molecule has 2 spiro atoms. The quantitative estimate of drug-likeness (QED) is 0.854. The van der Waals surface area contributed by atoms with Crippen LogP contribution in [0.2, 0.25) is 0 Å². The second kappa shape index (κ2) is 5.11. The van der Waals surface area contributed by atoms with Gasteiger partial charge < -0.3 is 19.1 Å². The van der Waals surface area contributed by atoms with Crippen LogP contribution in [0.4, 0.5) is 0 Å². The Morgan fingerprint density at radius 3 is 2.79 bits per heavy atom. The van der Waals surface area contributed by atoms with Gasteiger partial charge in [0.15, 0.2) is 11.5 Å². The molecule has 1 N–H and O–H groups in total. The Balaban J connectivity index is 1.69. The lowest BCUT2D eigenvalue weighted by Crippen LogP contribution is -3.18. The Hall–Kier alpha value is -1.59. The first-order valence-electron chi connectivity index (χ1n) is 10.7. The average Bonchev–Trinajstić information content (AvgIpc) is 3.07. The molecule has 2 aliphatic heterocycles. The van der Waals surface area contributed by atoms with E-state index in [4.69, 9.17) is 14.2 Å². The maximum Gasteiger partial charge on any atom is 0.165 e. The summed E-state index contributed by atoms with van der Waals surface area (Å²) in [5.41, 5.74) is 2.35. The number of benzene rings is 1. The summed E-state index contributed by atoms with van der Waals surface area (Å²) >= 11 is 0. The van der Waals surface area contributed by atoms with Gasteiger partial charge in [0.05, 0.1) is 38.1 Å². The second-order valence-corrected chi connectivity index (χ2v) is 9.89. The van der Waals surface area contributed by atoms with Crippen LogP contribution in [0.1, 0.15) is 43.7 Å². The van der Waals surface area contributed by atoms with E-state index in [1.807, 2.05) is 0 Å². The van der Waals surface area contributed by atoms with Gasteiger partial charge >= 0.3 is 0 Å². The molecule has 5 nitrogen and oxygen atoms in total. The highest BCUT2D eigenvalue weighted by Crippen LogP contribution is 2.75. The monoisotopic (exact) mass is 384 g/mol. The van der Waals surface area contributed by atoms with E-state index in [0.29, 0.717) is 6.04 Å². The van der Waals surface area contributed by atoms with Crippen molar-refractivity contribution in [2.45, 2.75) is 62.2 Å². The first-order valence-corrected chi connectivity index (χ1v) is 10.7. The third-order valence-electron chi connectivity index (χ3n) is 9.48. The summed E-state index contributed by atoms with van der Waals surface area (Å²) in [4.78, 5) is 14.5. The summed E-state index contributed by atoms with van der Waals surface area (Å²) < 4.78 is 18.8. The zero-order chi connectivity index (χ0) is 19.5. The molecule has 1 saturated heterocycles. The lowest BCUT2D eigenvalue weighted by atomic mass is 9.34. The zero-order valence-corrected chi connectivity index (χ0v) is 17.3. The molecule has 1 aromatic carbocycles. The summed E-state index contributed by atoms with van der Waals surface area (Å²) in [5, 5.41) is 0. The van der Waals surface area contributed by atoms with Gasteiger partial charge in [0.1, 0.15) is 17.5 Å². The van der Waals surface area contributed by atoms with Crippen LogP contribution in [0.25, 0.3) is 0 Å². The standard InChI is InChI=1S/C23H29NO4/c1-13(25)15-12-21-7-8-23(15,27-4)20-22(21)9-10-24(2)17(21)11-14-5-6-16(26-3)19(28-20)18(14)22/h5-6,15,17,20H,7-12H2,1-4H3/p+1/t15-,17-,20+,21+,22-,23+/m0/s1. The van der Waals surface area contributed by atoms with Crippen LogP contribution in [-0.2, 0) is 21.4 Å². The van der Waals surface area contributed by atoms with Gasteiger partial charge in [0.2, 0.25) is 0 Å². The number of carbonyl (C=O) groups is 1. The van der Waals surface area contributed by atoms with Gasteiger partial charge in [-0.2, -0.15) is 0 Å². The maximum absolute atomic E-state index is 12.8. The predicted molar refractivity (Wildman–Crippen MR) is 103 cm³/mol. The molecular formula is C23H30NO4+. The fourth-order valence-corrected chi connectivity index (χ4v) is 8.47. The molecule has 4 fully saturated rings. The van der Waals surface area contributed by atoms with Crippen LogP contribution in [-0.4, -0.2) is 51.3 Å². The van der Waals surface area contributed by atoms with E-state index in [-0.39, 0.29) is 28.6 Å². The minimum absolute atomic E-state index is 0.0468. The van der Waals surface area contributed by atoms with Gasteiger partial charge in [-0.1, -0.05) is 6.07 Å². The van der Waals surface area contributed by atoms with Gasteiger partial charge in [-0.25, -0.2) is 0 Å². The van der Waals surface area contributed by atoms with E-state index < -0.39 is 5.60 Å². The van der Waals surface area contributed by atoms with E-state index >= 15 is 0 Å². The average molecular weight is 384 g/mol. The van der Waals surface area contributed by atoms with Crippen molar-refractivity contribution in [2.24, 2.45) is 11.3 Å². The Morgan fingerprint density at radius 2 is 2.07 bits per heavy atom. The molecule has 1 aromatic rings. The fraction of sp³-hybridized carbons (Fsp3) is 0.696. The van der Waals surface area contributed by atoms with E-state index in [2.05, 4.69) is 19.2 Å². The molecule has 150 valence electrons. The van der Waals surface area contributed by atoms with Crippen LogP contribution in [0.5, 0.6) is 11.5 Å². The van der Waals surface area contributed by atoms with E-state index in [9.17, 15) is 4.79 Å². The lowest BCUT2D eigenvalue weighted by molar-refractivity contribution is -0.925. The van der Waals surface area contributed by atoms with E-state index in [1.165, 1.54) is 11.1 Å². The third-order valence-corrected chi connectivity index (χ3v) is 9.48. The number of rotatable bonds is 3. The summed E-state index contributed by atoms with van der Waals surface area (Å²) in [7, 11) is 5.86. The number of nitrogens with one attached hydrogen (secondary N) is 1. The Kier molecular flexibility index (Phi) is 3.16. The van der Waals surface area contributed by atoms with Crippen LogP contribution in [0.3, 0.4) is 0 Å². The highest BCUT2D eigenvalue weighted by molar-refractivity contribution is 5.81. The number of ketones is 1. The van der Waals surface area contributed by atoms with Crippen molar-refractivity contribution in [3.8, 4) is 11.5 Å². The predicted octanol–water partition coefficient (Wildman–Crippen LogP) is 1.31. The van der Waals surface area contributed by atoms with Gasteiger partial charge in [-0.15, -0.1) is 0 Å². The van der Waals surface area contributed by atoms with Gasteiger partial charge in [-0.3, -0.25) is 4.79 Å². The highest BCUT2D eigenvalue weighted by Gasteiger charge is 2.82. The van der Waals surface area contributed by atoms with Gasteiger partial charge in [0.25, 0.3) is 0 Å². The molecule has 3 saturated carbocycles. The number of fused-ring (bicyclic) bond motifs is 2. The zero-order valence-electron chi connectivity index (χ0n) is 17.3. The topological polar surface area (TPSA) is 49.2 Å². The smallest absolute Gasteiger partial charge is 0.165 e. The van der Waals surface area contributed by atoms with Gasteiger partial charge in [-0.05, 0) is 37.8 Å². The van der Waals surface area contributed by atoms with Crippen molar-refractivity contribution in [3.05, 3.63) is 23.3 Å². The fourth-order valence-electron chi connectivity index (χ4n) is 8.47. The van der Waals surface area contributed by atoms with Crippen molar-refractivity contribution >= 4 is 5.78 Å². The molecule has 0 amide bonds. The molecule has 5 heteroatoms. The first kappa shape index (κ1) is 17.3. The summed E-state index contributed by atoms with van der Waals surface area (Å²) in [6.45, 7) is 2.89. The Bertz CT molecular complexity index is 899. The van der Waals surface area contributed by atoms with Crippen molar-refractivity contribution < 1.29 is 23.9 Å². The number of methoxy groups -OCH3 is 2. The van der Waals surface area contributed by atoms with Crippen LogP contribution in [0, 0.1) is 11.3 Å². The number of likely N-dealkylation sites (tertiary alicyclic amines) is 1. The molecule has 4 bridgehead atoms. The van der Waals surface area contributed by atoms with Crippen molar-refractivity contribution in [1.82, 2.24) is 0 Å². The van der Waals surface area contributed by atoms with Crippen molar-refractivity contribution in [2.75, 3.05) is 27.8 Å². The minimum atomic E-state index is -0.526. The van der Waals surface area contributed by atoms with Gasteiger partial charge in [0, 0.05) is 30.9 Å². The summed E-state index contributed by atoms with van der Waals surface area (Å²) in [5.74, 6) is 1.93. The Morgan fingerprint density at radius 1 is 1.25 bits per heavy atom. The molecule has 4 aliphatic carbocycles. The number of Topliss-reactive ketones (excluding diaryl/α,β-unsaturated/α-hetero) is 1. The highest BCUT2D eigenvalue weighted by atomic mass is 16.6.